The summed E-state index contributed by atoms with van der Waals surface area (Å²) >= 11 is 7.63. The number of thiocarbonyl (C=S) groups is 1. The molecule has 0 aliphatic heterocycles. The van der Waals surface area contributed by atoms with Crippen molar-refractivity contribution in [2.24, 2.45) is 0 Å². The number of hydrogen-bond acceptors (Lipinski definition) is 2. The van der Waals surface area contributed by atoms with Crippen molar-refractivity contribution in [3.8, 4) is 0 Å². The first-order valence-electron chi connectivity index (χ1n) is 8.69. The van der Waals surface area contributed by atoms with Crippen molar-refractivity contribution in [3.05, 3.63) is 91.0 Å². The lowest BCUT2D eigenvalue weighted by molar-refractivity contribution is -0.00000506. The maximum atomic E-state index is 5.93. The van der Waals surface area contributed by atoms with Crippen LogP contribution in [0.5, 0.6) is 0 Å². The molecule has 0 amide bonds. The highest BCUT2D eigenvalue weighted by Crippen LogP contribution is 2.66. The molecule has 0 heterocycles. The lowest BCUT2D eigenvalue weighted by Gasteiger charge is -2.40. The van der Waals surface area contributed by atoms with Crippen LogP contribution in [0.1, 0.15) is 13.8 Å². The van der Waals surface area contributed by atoms with E-state index in [1.165, 1.54) is 15.9 Å². The molecule has 3 aromatic rings. The highest BCUT2D eigenvalue weighted by atomic mass is 127. The second kappa shape index (κ2) is 9.65. The minimum absolute atomic E-state index is 0. The van der Waals surface area contributed by atoms with Gasteiger partial charge in [0.2, 0.25) is 0 Å². The first-order chi connectivity index (χ1) is 12.5. The van der Waals surface area contributed by atoms with Crippen molar-refractivity contribution in [1.82, 2.24) is 0 Å². The molecule has 3 aromatic carbocycles. The van der Waals surface area contributed by atoms with Crippen LogP contribution in [0.2, 0.25) is 0 Å². The van der Waals surface area contributed by atoms with Crippen molar-refractivity contribution < 1.29 is 24.0 Å². The monoisotopic (exact) mass is 522 g/mol. The Kier molecular flexibility index (Phi) is 8.05. The Morgan fingerprint density at radius 2 is 1.00 bits per heavy atom. The smallest absolute Gasteiger partial charge is 0.129 e. The molecular formula is C23H24IPS2. The summed E-state index contributed by atoms with van der Waals surface area (Å²) in [6.07, 6.45) is 2.10. The van der Waals surface area contributed by atoms with Gasteiger partial charge in [0.25, 0.3) is 0 Å². The topological polar surface area (TPSA) is 0 Å². The summed E-state index contributed by atoms with van der Waals surface area (Å²) < 4.78 is 1.06. The summed E-state index contributed by atoms with van der Waals surface area (Å²) in [6.45, 7) is 4.65. The van der Waals surface area contributed by atoms with Gasteiger partial charge in [-0.05, 0) is 56.5 Å². The van der Waals surface area contributed by atoms with Gasteiger partial charge < -0.3 is 24.0 Å². The Labute approximate surface area is 190 Å². The van der Waals surface area contributed by atoms with Crippen LogP contribution >= 0.6 is 31.2 Å². The molecule has 0 nitrogen and oxygen atoms in total. The van der Waals surface area contributed by atoms with Crippen LogP contribution in [0.25, 0.3) is 0 Å². The number of benzene rings is 3. The molecule has 0 N–H and O–H groups in total. The van der Waals surface area contributed by atoms with Crippen molar-refractivity contribution in [3.63, 3.8) is 0 Å². The van der Waals surface area contributed by atoms with E-state index in [1.54, 1.807) is 11.8 Å². The van der Waals surface area contributed by atoms with E-state index in [-0.39, 0.29) is 29.1 Å². The van der Waals surface area contributed by atoms with Crippen molar-refractivity contribution >= 4 is 51.4 Å². The van der Waals surface area contributed by atoms with Gasteiger partial charge in [0.05, 0.1) is 4.20 Å². The molecule has 3 rings (SSSR count). The van der Waals surface area contributed by atoms with Crippen LogP contribution in [0.4, 0.5) is 0 Å². The van der Waals surface area contributed by atoms with Crippen LogP contribution in [-0.4, -0.2) is 15.6 Å². The molecule has 0 saturated carbocycles. The standard InChI is InChI=1S/C23H24PS2.HI/c1-23(2,22(25)26-3)24(19-13-7-4-8-14-19,20-15-9-5-10-16-20)21-17-11-6-12-18-21;/h4-18H,1-3H3;1H/q+1;/p-1. The van der Waals surface area contributed by atoms with Crippen LogP contribution < -0.4 is 39.9 Å². The molecule has 0 radical (unpaired) electrons. The molecule has 0 fully saturated rings. The second-order valence-corrected chi connectivity index (χ2v) is 12.2. The normalized spacial score (nSPS) is 11.5. The molecule has 0 spiro atoms. The molecule has 0 aliphatic carbocycles. The Bertz CT molecular complexity index is 768. The predicted molar refractivity (Wildman–Crippen MR) is 125 cm³/mol. The van der Waals surface area contributed by atoms with E-state index >= 15 is 0 Å². The highest BCUT2D eigenvalue weighted by Gasteiger charge is 2.59. The van der Waals surface area contributed by atoms with Gasteiger partial charge in [-0.1, -0.05) is 66.8 Å². The molecule has 4 heteroatoms. The maximum absolute atomic E-state index is 5.93. The van der Waals surface area contributed by atoms with E-state index in [9.17, 15) is 0 Å². The van der Waals surface area contributed by atoms with E-state index in [4.69, 9.17) is 12.2 Å². The maximum Gasteiger partial charge on any atom is 0.129 e. The average molecular weight is 522 g/mol. The SMILES string of the molecule is CSC(=S)C(C)(C)[P+](c1ccccc1)(c1ccccc1)c1ccccc1.[I-]. The third-order valence-electron chi connectivity index (χ3n) is 4.95. The molecule has 0 saturated heterocycles. The molecule has 0 bridgehead atoms. The molecule has 0 atom stereocenters. The number of thioether (sulfide) groups is 1. The summed E-state index contributed by atoms with van der Waals surface area (Å²) in [4.78, 5) is 0. The Morgan fingerprint density at radius 3 is 1.26 bits per heavy atom. The third-order valence-corrected chi connectivity index (χ3v) is 12.3. The third kappa shape index (κ3) is 4.03. The number of halogens is 1. The molecule has 0 unspecified atom stereocenters. The van der Waals surface area contributed by atoms with E-state index in [1.807, 2.05) is 0 Å². The van der Waals surface area contributed by atoms with E-state index in [2.05, 4.69) is 111 Å². The fourth-order valence-electron chi connectivity index (χ4n) is 3.76. The van der Waals surface area contributed by atoms with Crippen molar-refractivity contribution in [2.75, 3.05) is 6.26 Å². The van der Waals surface area contributed by atoms with Gasteiger partial charge in [0, 0.05) is 0 Å². The lowest BCUT2D eigenvalue weighted by atomic mass is 10.2. The summed E-state index contributed by atoms with van der Waals surface area (Å²) in [7, 11) is -1.99. The van der Waals surface area contributed by atoms with E-state index < -0.39 is 7.26 Å². The van der Waals surface area contributed by atoms with E-state index in [0.29, 0.717) is 0 Å². The fourth-order valence-corrected chi connectivity index (χ4v) is 10.3. The van der Waals surface area contributed by atoms with Gasteiger partial charge >= 0.3 is 0 Å². The Hall–Kier alpha value is -0.740. The van der Waals surface area contributed by atoms with Crippen LogP contribution in [0.3, 0.4) is 0 Å². The average Bonchev–Trinajstić information content (AvgIpc) is 2.70. The lowest BCUT2D eigenvalue weighted by Crippen LogP contribution is -3.00. The minimum Gasteiger partial charge on any atom is -1.00 e. The molecular weight excluding hydrogens is 498 g/mol. The summed E-state index contributed by atoms with van der Waals surface area (Å²) in [5, 5.41) is 3.96. The van der Waals surface area contributed by atoms with Gasteiger partial charge in [0.1, 0.15) is 28.3 Å². The summed E-state index contributed by atoms with van der Waals surface area (Å²) in [5.74, 6) is 0. The minimum atomic E-state index is -1.99. The van der Waals surface area contributed by atoms with Gasteiger partial charge in [-0.15, -0.1) is 11.8 Å². The van der Waals surface area contributed by atoms with Crippen molar-refractivity contribution in [1.29, 1.82) is 0 Å². The van der Waals surface area contributed by atoms with Gasteiger partial charge in [0.15, 0.2) is 0 Å². The van der Waals surface area contributed by atoms with Crippen LogP contribution in [0.15, 0.2) is 91.0 Å². The zero-order valence-electron chi connectivity index (χ0n) is 15.8. The van der Waals surface area contributed by atoms with Crippen LogP contribution in [0, 0.1) is 0 Å². The summed E-state index contributed by atoms with van der Waals surface area (Å²) in [6, 6.07) is 32.8. The highest BCUT2D eigenvalue weighted by molar-refractivity contribution is 8.24. The first kappa shape index (κ1) is 22.5. The Morgan fingerprint density at radius 1 is 0.704 bits per heavy atom. The zero-order valence-corrected chi connectivity index (χ0v) is 20.5. The van der Waals surface area contributed by atoms with Gasteiger partial charge in [-0.3, -0.25) is 0 Å². The predicted octanol–water partition coefficient (Wildman–Crippen LogP) is 2.45. The largest absolute Gasteiger partial charge is 1.00 e. The van der Waals surface area contributed by atoms with Crippen molar-refractivity contribution in [2.45, 2.75) is 19.0 Å². The van der Waals surface area contributed by atoms with E-state index in [0.717, 1.165) is 4.20 Å². The quantitative estimate of drug-likeness (QED) is 0.287. The van der Waals surface area contributed by atoms with Gasteiger partial charge in [-0.25, -0.2) is 0 Å². The first-order valence-corrected chi connectivity index (χ1v) is 12.1. The fraction of sp³-hybridized carbons (Fsp3) is 0.174. The molecule has 0 aliphatic rings. The molecule has 140 valence electrons. The van der Waals surface area contributed by atoms with Gasteiger partial charge in [-0.2, -0.15) is 0 Å². The number of rotatable bonds is 5. The Balaban J connectivity index is 0.00000261. The molecule has 0 aromatic heterocycles. The second-order valence-electron chi connectivity index (χ2n) is 6.73. The molecule has 27 heavy (non-hydrogen) atoms. The summed E-state index contributed by atoms with van der Waals surface area (Å²) in [5.41, 5.74) is 0. The zero-order chi connectivity index (χ0) is 18.6. The number of hydrogen-bond donors (Lipinski definition) is 0. The van der Waals surface area contributed by atoms with Crippen LogP contribution in [-0.2, 0) is 0 Å².